The summed E-state index contributed by atoms with van der Waals surface area (Å²) in [6.07, 6.45) is 13.3. The van der Waals surface area contributed by atoms with Crippen LogP contribution < -0.4 is 0 Å². The number of aliphatic hydroxyl groups is 1. The van der Waals surface area contributed by atoms with E-state index in [4.69, 9.17) is 9.47 Å². The Morgan fingerprint density at radius 3 is 2.71 bits per heavy atom. The minimum atomic E-state index is -0.216. The second-order valence-corrected chi connectivity index (χ2v) is 9.36. The van der Waals surface area contributed by atoms with E-state index in [0.717, 1.165) is 24.2 Å². The molecule has 4 aliphatic carbocycles. The fraction of sp³-hybridized carbons (Fsp3) is 0.905. The molecule has 0 radical (unpaired) electrons. The van der Waals surface area contributed by atoms with Crippen LogP contribution in [0.1, 0.15) is 58.8 Å². The van der Waals surface area contributed by atoms with Gasteiger partial charge in [0.1, 0.15) is 6.79 Å². The molecule has 136 valence electrons. The Labute approximate surface area is 146 Å². The molecule has 0 bridgehead atoms. The predicted molar refractivity (Wildman–Crippen MR) is 94.4 cm³/mol. The van der Waals surface area contributed by atoms with Gasteiger partial charge in [-0.15, -0.1) is 0 Å². The lowest BCUT2D eigenvalue weighted by atomic mass is 9.46. The normalized spacial score (nSPS) is 53.3. The quantitative estimate of drug-likeness (QED) is 0.622. The van der Waals surface area contributed by atoms with Crippen LogP contribution in [0.5, 0.6) is 0 Å². The summed E-state index contributed by atoms with van der Waals surface area (Å²) in [5.41, 5.74) is 0.635. The first-order valence-electron chi connectivity index (χ1n) is 9.97. The monoisotopic (exact) mass is 334 g/mol. The van der Waals surface area contributed by atoms with Gasteiger partial charge in [0.05, 0.1) is 12.2 Å². The van der Waals surface area contributed by atoms with E-state index in [1.807, 2.05) is 0 Å². The fourth-order valence-corrected chi connectivity index (χ4v) is 7.17. The molecule has 0 spiro atoms. The van der Waals surface area contributed by atoms with Gasteiger partial charge in [-0.05, 0) is 79.4 Å². The van der Waals surface area contributed by atoms with Crippen molar-refractivity contribution >= 4 is 0 Å². The first-order chi connectivity index (χ1) is 11.5. The van der Waals surface area contributed by atoms with E-state index in [9.17, 15) is 5.11 Å². The molecule has 0 saturated heterocycles. The largest absolute Gasteiger partial charge is 0.389 e. The highest BCUT2D eigenvalue weighted by Gasteiger charge is 2.59. The van der Waals surface area contributed by atoms with Crippen LogP contribution in [-0.2, 0) is 9.47 Å². The van der Waals surface area contributed by atoms with Gasteiger partial charge in [-0.3, -0.25) is 0 Å². The molecule has 0 aromatic heterocycles. The molecule has 4 aliphatic rings. The molecule has 3 fully saturated rings. The lowest BCUT2D eigenvalue weighted by Gasteiger charge is -2.59. The molecule has 4 unspecified atom stereocenters. The van der Waals surface area contributed by atoms with Crippen LogP contribution in [0.25, 0.3) is 0 Å². The third-order valence-electron chi connectivity index (χ3n) is 8.47. The first-order valence-corrected chi connectivity index (χ1v) is 9.97. The summed E-state index contributed by atoms with van der Waals surface area (Å²) < 4.78 is 11.3. The molecule has 24 heavy (non-hydrogen) atoms. The Bertz CT molecular complexity index is 503. The van der Waals surface area contributed by atoms with E-state index in [1.165, 1.54) is 38.5 Å². The van der Waals surface area contributed by atoms with Gasteiger partial charge < -0.3 is 14.6 Å². The number of aliphatic hydroxyl groups excluding tert-OH is 1. The number of hydrogen-bond acceptors (Lipinski definition) is 3. The van der Waals surface area contributed by atoms with E-state index in [2.05, 4.69) is 26.0 Å². The van der Waals surface area contributed by atoms with Crippen LogP contribution in [0.4, 0.5) is 0 Å². The fourth-order valence-electron chi connectivity index (χ4n) is 7.17. The van der Waals surface area contributed by atoms with Crippen LogP contribution in [0, 0.1) is 34.5 Å². The van der Waals surface area contributed by atoms with E-state index in [-0.39, 0.29) is 6.10 Å². The van der Waals surface area contributed by atoms with Crippen molar-refractivity contribution in [2.75, 3.05) is 13.9 Å². The zero-order valence-electron chi connectivity index (χ0n) is 15.5. The van der Waals surface area contributed by atoms with E-state index < -0.39 is 0 Å². The molecule has 3 nitrogen and oxygen atoms in total. The highest BCUT2D eigenvalue weighted by atomic mass is 16.7. The minimum absolute atomic E-state index is 0.216. The number of methoxy groups -OCH3 is 1. The molecule has 3 heteroatoms. The Balaban J connectivity index is 1.57. The number of hydrogen-bond donors (Lipinski definition) is 1. The van der Waals surface area contributed by atoms with Crippen LogP contribution in [0.15, 0.2) is 12.2 Å². The zero-order chi connectivity index (χ0) is 16.9. The molecule has 0 aromatic carbocycles. The Morgan fingerprint density at radius 2 is 1.92 bits per heavy atom. The maximum absolute atomic E-state index is 10.1. The third-order valence-corrected chi connectivity index (χ3v) is 8.47. The van der Waals surface area contributed by atoms with Crippen molar-refractivity contribution < 1.29 is 14.6 Å². The first kappa shape index (κ1) is 17.1. The minimum Gasteiger partial charge on any atom is -0.389 e. The van der Waals surface area contributed by atoms with Gasteiger partial charge in [0.2, 0.25) is 0 Å². The van der Waals surface area contributed by atoms with E-state index >= 15 is 0 Å². The summed E-state index contributed by atoms with van der Waals surface area (Å²) in [4.78, 5) is 0. The van der Waals surface area contributed by atoms with Crippen molar-refractivity contribution in [1.82, 2.24) is 0 Å². The van der Waals surface area contributed by atoms with Crippen LogP contribution in [0.3, 0.4) is 0 Å². The van der Waals surface area contributed by atoms with Gasteiger partial charge in [0.25, 0.3) is 0 Å². The van der Waals surface area contributed by atoms with Crippen molar-refractivity contribution in [2.45, 2.75) is 71.0 Å². The van der Waals surface area contributed by atoms with Gasteiger partial charge >= 0.3 is 0 Å². The summed E-state index contributed by atoms with van der Waals surface area (Å²) in [6.45, 7) is 5.39. The lowest BCUT2D eigenvalue weighted by Crippen LogP contribution is -2.53. The number of rotatable bonds is 3. The molecule has 3 saturated carbocycles. The number of ether oxygens (including phenoxy) is 2. The van der Waals surface area contributed by atoms with E-state index in [1.54, 1.807) is 7.11 Å². The molecular weight excluding hydrogens is 300 g/mol. The Kier molecular flexibility index (Phi) is 4.34. The van der Waals surface area contributed by atoms with Crippen LogP contribution >= 0.6 is 0 Å². The van der Waals surface area contributed by atoms with Gasteiger partial charge in [0.15, 0.2) is 0 Å². The summed E-state index contributed by atoms with van der Waals surface area (Å²) in [5.74, 6) is 3.10. The SMILES string of the molecule is COCO[C@H]1CCC2C3CCC4C[C@@H](O)C=C[C@]4(C)C3CC[C@@]21C. The molecular formula is C21H34O3. The number of fused-ring (bicyclic) bond motifs is 5. The highest BCUT2D eigenvalue weighted by molar-refractivity contribution is 5.17. The smallest absolute Gasteiger partial charge is 0.146 e. The lowest BCUT2D eigenvalue weighted by molar-refractivity contribution is -0.144. The second kappa shape index (κ2) is 6.10. The maximum atomic E-state index is 10.1. The molecule has 0 amide bonds. The van der Waals surface area contributed by atoms with Crippen molar-refractivity contribution in [3.05, 3.63) is 12.2 Å². The average Bonchev–Trinajstić information content (AvgIpc) is 2.90. The third kappa shape index (κ3) is 2.42. The van der Waals surface area contributed by atoms with Crippen molar-refractivity contribution in [3.63, 3.8) is 0 Å². The Morgan fingerprint density at radius 1 is 1.08 bits per heavy atom. The van der Waals surface area contributed by atoms with Gasteiger partial charge in [-0.1, -0.05) is 26.0 Å². The van der Waals surface area contributed by atoms with Crippen molar-refractivity contribution in [1.29, 1.82) is 0 Å². The highest BCUT2D eigenvalue weighted by Crippen LogP contribution is 2.65. The predicted octanol–water partition coefficient (Wildman–Crippen LogP) is 4.16. The summed E-state index contributed by atoms with van der Waals surface area (Å²) in [7, 11) is 1.72. The second-order valence-electron chi connectivity index (χ2n) is 9.36. The molecule has 0 aliphatic heterocycles. The number of allylic oxidation sites excluding steroid dienone is 1. The summed E-state index contributed by atoms with van der Waals surface area (Å²) in [5, 5.41) is 10.1. The van der Waals surface area contributed by atoms with Gasteiger partial charge in [0, 0.05) is 7.11 Å². The standard InChI is InChI=1S/C21H34O3/c1-20-10-8-15(22)12-14(20)4-5-16-17-6-7-19(24-13-23-3)21(17,2)11-9-18(16)20/h8,10,14-19,22H,4-7,9,11-13H2,1-3H3/t14?,15-,16?,17?,18?,19-,20-,21-/m0/s1. The zero-order valence-corrected chi connectivity index (χ0v) is 15.5. The molecule has 0 aromatic rings. The average molecular weight is 335 g/mol. The van der Waals surface area contributed by atoms with E-state index in [0.29, 0.717) is 29.6 Å². The van der Waals surface area contributed by atoms with Crippen molar-refractivity contribution in [3.8, 4) is 0 Å². The van der Waals surface area contributed by atoms with Crippen LogP contribution in [0.2, 0.25) is 0 Å². The molecule has 1 N–H and O–H groups in total. The molecule has 4 rings (SSSR count). The topological polar surface area (TPSA) is 38.7 Å². The summed E-state index contributed by atoms with van der Waals surface area (Å²) >= 11 is 0. The Hall–Kier alpha value is -0.380. The maximum Gasteiger partial charge on any atom is 0.146 e. The van der Waals surface area contributed by atoms with Gasteiger partial charge in [-0.2, -0.15) is 0 Å². The van der Waals surface area contributed by atoms with Crippen LogP contribution in [-0.4, -0.2) is 31.2 Å². The summed E-state index contributed by atoms with van der Waals surface area (Å²) in [6, 6.07) is 0. The van der Waals surface area contributed by atoms with Crippen molar-refractivity contribution in [2.24, 2.45) is 34.5 Å². The molecule has 0 heterocycles. The van der Waals surface area contributed by atoms with Gasteiger partial charge in [-0.25, -0.2) is 0 Å². The molecule has 8 atom stereocenters.